The number of nitrogen functional groups attached to an aromatic ring is 1. The lowest BCUT2D eigenvalue weighted by Gasteiger charge is -2.08. The summed E-state index contributed by atoms with van der Waals surface area (Å²) in [5, 5.41) is 2.66. The van der Waals surface area contributed by atoms with Crippen LogP contribution in [0.1, 0.15) is 10.4 Å². The van der Waals surface area contributed by atoms with E-state index in [1.807, 2.05) is 0 Å². The average molecular weight is 206 g/mol. The van der Waals surface area contributed by atoms with Crippen LogP contribution in [0.15, 0.2) is 30.9 Å². The first kappa shape index (κ1) is 11.1. The Labute approximate surface area is 88.7 Å². The summed E-state index contributed by atoms with van der Waals surface area (Å²) < 4.78 is 5.06. The molecule has 0 unspecified atom stereocenters. The van der Waals surface area contributed by atoms with Crippen LogP contribution in [0.3, 0.4) is 0 Å². The van der Waals surface area contributed by atoms with Gasteiger partial charge in [0, 0.05) is 18.3 Å². The van der Waals surface area contributed by atoms with E-state index < -0.39 is 0 Å². The van der Waals surface area contributed by atoms with Crippen LogP contribution in [0.2, 0.25) is 0 Å². The predicted molar refractivity (Wildman–Crippen MR) is 59.9 cm³/mol. The number of carbonyl (C=O) groups excluding carboxylic acids is 1. The maximum Gasteiger partial charge on any atom is 0.255 e. The van der Waals surface area contributed by atoms with E-state index in [9.17, 15) is 4.79 Å². The van der Waals surface area contributed by atoms with Gasteiger partial charge in [-0.05, 0) is 12.1 Å². The third-order valence-electron chi connectivity index (χ3n) is 1.88. The van der Waals surface area contributed by atoms with Gasteiger partial charge in [0.2, 0.25) is 0 Å². The number of anilines is 1. The van der Waals surface area contributed by atoms with Gasteiger partial charge in [0.05, 0.1) is 12.7 Å². The number of amides is 1. The first-order chi connectivity index (χ1) is 7.19. The summed E-state index contributed by atoms with van der Waals surface area (Å²) in [6.45, 7) is 3.94. The van der Waals surface area contributed by atoms with Crippen molar-refractivity contribution in [3.63, 3.8) is 0 Å². The highest BCUT2D eigenvalue weighted by Gasteiger charge is 2.10. The zero-order chi connectivity index (χ0) is 11.3. The molecule has 15 heavy (non-hydrogen) atoms. The summed E-state index contributed by atoms with van der Waals surface area (Å²) in [5.41, 5.74) is 6.60. The lowest BCUT2D eigenvalue weighted by atomic mass is 10.1. The number of nitrogens with two attached hydrogens (primary N) is 1. The third-order valence-corrected chi connectivity index (χ3v) is 1.88. The van der Waals surface area contributed by atoms with Crippen LogP contribution in [0, 0.1) is 0 Å². The highest BCUT2D eigenvalue weighted by atomic mass is 16.5. The van der Waals surface area contributed by atoms with Gasteiger partial charge in [0.15, 0.2) is 0 Å². The largest absolute Gasteiger partial charge is 0.496 e. The summed E-state index contributed by atoms with van der Waals surface area (Å²) in [7, 11) is 1.50. The topological polar surface area (TPSA) is 64.4 Å². The first-order valence-corrected chi connectivity index (χ1v) is 4.51. The molecule has 0 heterocycles. The normalized spacial score (nSPS) is 9.40. The molecule has 0 spiro atoms. The van der Waals surface area contributed by atoms with Gasteiger partial charge in [0.1, 0.15) is 5.75 Å². The second-order valence-electron chi connectivity index (χ2n) is 2.96. The fraction of sp³-hybridized carbons (Fsp3) is 0.182. The van der Waals surface area contributed by atoms with Crippen LogP contribution in [0.4, 0.5) is 5.69 Å². The Morgan fingerprint density at radius 3 is 3.00 bits per heavy atom. The number of hydrogen-bond donors (Lipinski definition) is 2. The standard InChI is InChI=1S/C11H14N2O2/c1-3-6-13-11(14)9-5-4-8(12)7-10(9)15-2/h3-5,7H,1,6,12H2,2H3,(H,13,14). The summed E-state index contributed by atoms with van der Waals surface area (Å²) in [6, 6.07) is 4.90. The van der Waals surface area contributed by atoms with Crippen molar-refractivity contribution in [1.82, 2.24) is 5.32 Å². The number of rotatable bonds is 4. The minimum Gasteiger partial charge on any atom is -0.496 e. The Bertz CT molecular complexity index is 375. The van der Waals surface area contributed by atoms with E-state index in [2.05, 4.69) is 11.9 Å². The molecule has 80 valence electrons. The number of ether oxygens (including phenoxy) is 1. The van der Waals surface area contributed by atoms with Crippen LogP contribution < -0.4 is 15.8 Å². The van der Waals surface area contributed by atoms with Crippen molar-refractivity contribution in [2.75, 3.05) is 19.4 Å². The smallest absolute Gasteiger partial charge is 0.255 e. The molecular weight excluding hydrogens is 192 g/mol. The minimum absolute atomic E-state index is 0.202. The van der Waals surface area contributed by atoms with Crippen molar-refractivity contribution >= 4 is 11.6 Å². The highest BCUT2D eigenvalue weighted by molar-refractivity contribution is 5.97. The van der Waals surface area contributed by atoms with Crippen molar-refractivity contribution in [1.29, 1.82) is 0 Å². The number of benzene rings is 1. The van der Waals surface area contributed by atoms with E-state index in [-0.39, 0.29) is 5.91 Å². The molecule has 0 fully saturated rings. The van der Waals surface area contributed by atoms with Crippen molar-refractivity contribution in [3.8, 4) is 5.75 Å². The molecule has 3 N–H and O–H groups in total. The maximum absolute atomic E-state index is 11.6. The molecule has 1 aromatic carbocycles. The number of carbonyl (C=O) groups is 1. The molecule has 1 aromatic rings. The Hall–Kier alpha value is -1.97. The van der Waals surface area contributed by atoms with E-state index >= 15 is 0 Å². The molecule has 1 rings (SSSR count). The zero-order valence-electron chi connectivity index (χ0n) is 8.62. The summed E-state index contributed by atoms with van der Waals surface area (Å²) in [5.74, 6) is 0.267. The molecule has 0 atom stereocenters. The van der Waals surface area contributed by atoms with E-state index in [0.29, 0.717) is 23.5 Å². The van der Waals surface area contributed by atoms with E-state index in [1.165, 1.54) is 7.11 Å². The quantitative estimate of drug-likeness (QED) is 0.574. The Balaban J connectivity index is 2.92. The first-order valence-electron chi connectivity index (χ1n) is 4.51. The number of methoxy groups -OCH3 is 1. The van der Waals surface area contributed by atoms with Gasteiger partial charge >= 0.3 is 0 Å². The predicted octanol–water partition coefficient (Wildman–Crippen LogP) is 1.19. The lowest BCUT2D eigenvalue weighted by molar-refractivity contribution is 0.0955. The van der Waals surface area contributed by atoms with Crippen molar-refractivity contribution < 1.29 is 9.53 Å². The third kappa shape index (κ3) is 2.74. The van der Waals surface area contributed by atoms with E-state index in [0.717, 1.165) is 0 Å². The second kappa shape index (κ2) is 5.05. The monoisotopic (exact) mass is 206 g/mol. The van der Waals surface area contributed by atoms with Gasteiger partial charge < -0.3 is 15.8 Å². The zero-order valence-corrected chi connectivity index (χ0v) is 8.62. The molecular formula is C11H14N2O2. The molecule has 4 heteroatoms. The molecule has 0 saturated carbocycles. The van der Waals surface area contributed by atoms with Gasteiger partial charge in [-0.3, -0.25) is 4.79 Å². The highest BCUT2D eigenvalue weighted by Crippen LogP contribution is 2.21. The average Bonchev–Trinajstić information content (AvgIpc) is 2.25. The summed E-state index contributed by atoms with van der Waals surface area (Å²) in [4.78, 5) is 11.6. The van der Waals surface area contributed by atoms with Gasteiger partial charge in [-0.15, -0.1) is 6.58 Å². The Kier molecular flexibility index (Phi) is 3.74. The molecule has 0 radical (unpaired) electrons. The van der Waals surface area contributed by atoms with E-state index in [1.54, 1.807) is 24.3 Å². The maximum atomic E-state index is 11.6. The van der Waals surface area contributed by atoms with Gasteiger partial charge in [0.25, 0.3) is 5.91 Å². The Morgan fingerprint density at radius 2 is 2.40 bits per heavy atom. The fourth-order valence-electron chi connectivity index (χ4n) is 1.16. The second-order valence-corrected chi connectivity index (χ2v) is 2.96. The van der Waals surface area contributed by atoms with Gasteiger partial charge in [-0.25, -0.2) is 0 Å². The minimum atomic E-state index is -0.202. The molecule has 0 aliphatic carbocycles. The molecule has 0 aliphatic rings. The van der Waals surface area contributed by atoms with Crippen LogP contribution in [-0.2, 0) is 0 Å². The molecule has 4 nitrogen and oxygen atoms in total. The number of hydrogen-bond acceptors (Lipinski definition) is 3. The van der Waals surface area contributed by atoms with Crippen LogP contribution in [0.5, 0.6) is 5.75 Å². The van der Waals surface area contributed by atoms with Gasteiger partial charge in [-0.1, -0.05) is 6.08 Å². The molecule has 0 bridgehead atoms. The lowest BCUT2D eigenvalue weighted by Crippen LogP contribution is -2.23. The number of nitrogens with one attached hydrogen (secondary N) is 1. The van der Waals surface area contributed by atoms with Crippen molar-refractivity contribution in [3.05, 3.63) is 36.4 Å². The van der Waals surface area contributed by atoms with Crippen molar-refractivity contribution in [2.24, 2.45) is 0 Å². The molecule has 1 amide bonds. The van der Waals surface area contributed by atoms with E-state index in [4.69, 9.17) is 10.5 Å². The summed E-state index contributed by atoms with van der Waals surface area (Å²) >= 11 is 0. The Morgan fingerprint density at radius 1 is 1.67 bits per heavy atom. The van der Waals surface area contributed by atoms with Crippen LogP contribution in [0.25, 0.3) is 0 Å². The van der Waals surface area contributed by atoms with Crippen molar-refractivity contribution in [2.45, 2.75) is 0 Å². The molecule has 0 aromatic heterocycles. The molecule has 0 aliphatic heterocycles. The van der Waals surface area contributed by atoms with Crippen LogP contribution >= 0.6 is 0 Å². The molecule has 0 saturated heterocycles. The van der Waals surface area contributed by atoms with Gasteiger partial charge in [-0.2, -0.15) is 0 Å². The SMILES string of the molecule is C=CCNC(=O)c1ccc(N)cc1OC. The summed E-state index contributed by atoms with van der Waals surface area (Å²) in [6.07, 6.45) is 1.61. The van der Waals surface area contributed by atoms with Crippen LogP contribution in [-0.4, -0.2) is 19.6 Å². The fourth-order valence-corrected chi connectivity index (χ4v) is 1.16.